The first-order valence-electron chi connectivity index (χ1n) is 11.2. The van der Waals surface area contributed by atoms with Crippen LogP contribution in [0.1, 0.15) is 30.6 Å². The number of thiophene rings is 1. The zero-order valence-corrected chi connectivity index (χ0v) is 23.5. The van der Waals surface area contributed by atoms with Gasteiger partial charge in [-0.2, -0.15) is 0 Å². The van der Waals surface area contributed by atoms with Crippen LogP contribution in [0.25, 0.3) is 16.2 Å². The van der Waals surface area contributed by atoms with Gasteiger partial charge in [0.1, 0.15) is 11.5 Å². The van der Waals surface area contributed by atoms with Crippen LogP contribution in [0.5, 0.6) is 11.5 Å². The Bertz CT molecular complexity index is 1350. The maximum Gasteiger partial charge on any atom is 0.510 e. The number of halogens is 1. The molecule has 204 valence electrons. The number of methoxy groups -OCH3 is 2. The molecule has 0 aliphatic carbocycles. The van der Waals surface area contributed by atoms with E-state index in [9.17, 15) is 19.0 Å². The lowest BCUT2D eigenvalue weighted by Gasteiger charge is -2.21. The molecule has 0 aliphatic rings. The quantitative estimate of drug-likeness (QED) is 0.156. The molecule has 38 heavy (non-hydrogen) atoms. The molecule has 1 heterocycles. The topological polar surface area (TPSA) is 130 Å². The fraction of sp³-hybridized carbons (Fsp3) is 0.280. The van der Waals surface area contributed by atoms with Gasteiger partial charge in [0.15, 0.2) is 5.66 Å². The molecule has 3 rings (SSSR count). The van der Waals surface area contributed by atoms with Crippen molar-refractivity contribution in [1.29, 1.82) is 0 Å². The summed E-state index contributed by atoms with van der Waals surface area (Å²) in [5, 5.41) is 5.02. The molecule has 2 aromatic carbocycles. The van der Waals surface area contributed by atoms with E-state index >= 15 is 0 Å². The Hall–Kier alpha value is -3.08. The minimum atomic E-state index is -4.75. The molecule has 0 radical (unpaired) electrons. The van der Waals surface area contributed by atoms with E-state index < -0.39 is 38.2 Å². The number of carbonyl (C=O) groups excluding carboxylic acids is 2. The van der Waals surface area contributed by atoms with Gasteiger partial charge in [-0.1, -0.05) is 11.6 Å². The Balaban J connectivity index is 1.87. The van der Waals surface area contributed by atoms with Gasteiger partial charge in [0.05, 0.1) is 20.3 Å². The van der Waals surface area contributed by atoms with E-state index in [1.54, 1.807) is 61.7 Å². The average Bonchev–Trinajstić information content (AvgIpc) is 3.25. The Labute approximate surface area is 228 Å². The van der Waals surface area contributed by atoms with E-state index in [0.29, 0.717) is 27.5 Å². The van der Waals surface area contributed by atoms with Gasteiger partial charge in [0.2, 0.25) is 12.7 Å². The molecule has 2 atom stereocenters. The summed E-state index contributed by atoms with van der Waals surface area (Å²) in [5.74, 6) is 0.254. The predicted octanol–water partition coefficient (Wildman–Crippen LogP) is 6.12. The van der Waals surface area contributed by atoms with Gasteiger partial charge < -0.3 is 29.2 Å². The van der Waals surface area contributed by atoms with Crippen molar-refractivity contribution >= 4 is 58.8 Å². The smallest absolute Gasteiger partial charge is 0.497 e. The second kappa shape index (κ2) is 13.1. The number of fused-ring (bicyclic) bond motifs is 1. The van der Waals surface area contributed by atoms with Crippen molar-refractivity contribution in [2.45, 2.75) is 25.6 Å². The second-order valence-electron chi connectivity index (χ2n) is 8.09. The molecule has 0 saturated carbocycles. The van der Waals surface area contributed by atoms with E-state index in [-0.39, 0.29) is 5.56 Å². The molecule has 0 spiro atoms. The summed E-state index contributed by atoms with van der Waals surface area (Å²) in [5.41, 5.74) is -0.785. The first kappa shape index (κ1) is 29.5. The van der Waals surface area contributed by atoms with Gasteiger partial charge in [-0.25, -0.2) is 4.79 Å². The average molecular weight is 584 g/mol. The number of rotatable bonds is 11. The molecule has 13 heteroatoms. The number of ether oxygens (including phenoxy) is 4. The van der Waals surface area contributed by atoms with Gasteiger partial charge in [-0.05, 0) is 72.1 Å². The zero-order valence-electron chi connectivity index (χ0n) is 21.0. The SMILES string of the molecule is COc1cc(C=CNC(=O)C(c2csc3ccc(Cl)cc23)P(=O)(O)OCOC(=O)OC(C)C)cc(OC)c1. The summed E-state index contributed by atoms with van der Waals surface area (Å²) in [6.45, 7) is 2.33. The van der Waals surface area contributed by atoms with Crippen LogP contribution in [0.15, 0.2) is 48.0 Å². The van der Waals surface area contributed by atoms with Crippen molar-refractivity contribution in [2.75, 3.05) is 21.0 Å². The highest BCUT2D eigenvalue weighted by Crippen LogP contribution is 2.58. The highest BCUT2D eigenvalue weighted by molar-refractivity contribution is 7.54. The van der Waals surface area contributed by atoms with Gasteiger partial charge in [-0.15, -0.1) is 11.3 Å². The molecule has 1 aromatic heterocycles. The summed E-state index contributed by atoms with van der Waals surface area (Å²) < 4.78 is 39.1. The van der Waals surface area contributed by atoms with Crippen LogP contribution < -0.4 is 14.8 Å². The number of carbonyl (C=O) groups is 2. The Morgan fingerprint density at radius 2 is 1.82 bits per heavy atom. The minimum absolute atomic E-state index is 0.233. The number of benzene rings is 2. The molecule has 0 aliphatic heterocycles. The van der Waals surface area contributed by atoms with Crippen LogP contribution >= 0.6 is 30.5 Å². The fourth-order valence-corrected chi connectivity index (χ4v) is 5.90. The van der Waals surface area contributed by atoms with Gasteiger partial charge in [0, 0.05) is 22.0 Å². The normalized spacial score (nSPS) is 13.8. The van der Waals surface area contributed by atoms with Gasteiger partial charge in [0.25, 0.3) is 0 Å². The van der Waals surface area contributed by atoms with Gasteiger partial charge >= 0.3 is 13.8 Å². The van der Waals surface area contributed by atoms with Crippen LogP contribution in [0, 0.1) is 0 Å². The van der Waals surface area contributed by atoms with E-state index in [4.69, 9.17) is 35.1 Å². The Morgan fingerprint density at radius 1 is 1.13 bits per heavy atom. The summed E-state index contributed by atoms with van der Waals surface area (Å²) in [7, 11) is -1.73. The number of nitrogens with one attached hydrogen (secondary N) is 1. The lowest BCUT2D eigenvalue weighted by molar-refractivity contribution is -0.120. The Kier molecular flexibility index (Phi) is 10.2. The molecule has 0 fully saturated rings. The number of amides is 1. The zero-order chi connectivity index (χ0) is 27.9. The third-order valence-corrected chi connectivity index (χ3v) is 7.91. The van der Waals surface area contributed by atoms with Crippen molar-refractivity contribution in [3.63, 3.8) is 0 Å². The molecule has 2 N–H and O–H groups in total. The van der Waals surface area contributed by atoms with Gasteiger partial charge in [-0.3, -0.25) is 13.9 Å². The first-order chi connectivity index (χ1) is 18.0. The molecule has 0 bridgehead atoms. The molecule has 1 amide bonds. The third kappa shape index (κ3) is 7.72. The van der Waals surface area contributed by atoms with Crippen molar-refractivity contribution in [3.8, 4) is 11.5 Å². The van der Waals surface area contributed by atoms with E-state index in [2.05, 4.69) is 5.32 Å². The molecule has 0 saturated heterocycles. The number of hydrogen-bond donors (Lipinski definition) is 2. The molecule has 10 nitrogen and oxygen atoms in total. The highest BCUT2D eigenvalue weighted by Gasteiger charge is 2.41. The fourth-order valence-electron chi connectivity index (χ4n) is 3.37. The maximum absolute atomic E-state index is 13.3. The lowest BCUT2D eigenvalue weighted by atomic mass is 10.1. The molecule has 3 aromatic rings. The predicted molar refractivity (Wildman–Crippen MR) is 145 cm³/mol. The molecular formula is C25H27ClNO9PS. The number of hydrogen-bond acceptors (Lipinski definition) is 9. The monoisotopic (exact) mass is 583 g/mol. The lowest BCUT2D eigenvalue weighted by Crippen LogP contribution is -2.26. The second-order valence-corrected chi connectivity index (χ2v) is 11.3. The van der Waals surface area contributed by atoms with E-state index in [1.165, 1.54) is 31.8 Å². The van der Waals surface area contributed by atoms with E-state index in [0.717, 1.165) is 4.70 Å². The maximum atomic E-state index is 13.3. The molecule has 2 unspecified atom stereocenters. The summed E-state index contributed by atoms with van der Waals surface area (Å²) >= 11 is 7.42. The summed E-state index contributed by atoms with van der Waals surface area (Å²) in [4.78, 5) is 35.8. The highest BCUT2D eigenvalue weighted by atomic mass is 35.5. The minimum Gasteiger partial charge on any atom is -0.497 e. The van der Waals surface area contributed by atoms with Crippen LogP contribution in [-0.4, -0.2) is 44.1 Å². The van der Waals surface area contributed by atoms with Crippen LogP contribution in [-0.2, 0) is 23.4 Å². The first-order valence-corrected chi connectivity index (χ1v) is 14.1. The van der Waals surface area contributed by atoms with Crippen molar-refractivity contribution < 1.29 is 42.5 Å². The summed E-state index contributed by atoms with van der Waals surface area (Å²) in [6, 6.07) is 10.1. The standard InChI is InChI=1S/C25H27ClNO9PS/c1-15(2)36-25(29)34-14-35-37(30,31)23(21-13-38-22-6-5-17(26)11-20(21)22)24(28)27-8-7-16-9-18(32-3)12-19(10-16)33-4/h5-13,15,23H,14H2,1-4H3,(H,27,28)(H,30,31). The van der Waals surface area contributed by atoms with Crippen LogP contribution in [0.2, 0.25) is 5.02 Å². The Morgan fingerprint density at radius 3 is 2.45 bits per heavy atom. The largest absolute Gasteiger partial charge is 0.510 e. The summed E-state index contributed by atoms with van der Waals surface area (Å²) in [6.07, 6.45) is 1.35. The van der Waals surface area contributed by atoms with Crippen LogP contribution in [0.4, 0.5) is 4.79 Å². The third-order valence-electron chi connectivity index (χ3n) is 5.06. The van der Waals surface area contributed by atoms with E-state index in [1.807, 2.05) is 0 Å². The van der Waals surface area contributed by atoms with Crippen molar-refractivity contribution in [1.82, 2.24) is 5.32 Å². The van der Waals surface area contributed by atoms with Crippen molar-refractivity contribution in [2.24, 2.45) is 0 Å². The van der Waals surface area contributed by atoms with Crippen molar-refractivity contribution in [3.05, 3.63) is 64.1 Å². The molecular weight excluding hydrogens is 557 g/mol. The van der Waals surface area contributed by atoms with Crippen LogP contribution in [0.3, 0.4) is 0 Å².